The van der Waals surface area contributed by atoms with E-state index in [1.54, 1.807) is 0 Å². The summed E-state index contributed by atoms with van der Waals surface area (Å²) >= 11 is 0. The molecule has 1 saturated carbocycles. The highest BCUT2D eigenvalue weighted by molar-refractivity contribution is 5.92. The second-order valence-electron chi connectivity index (χ2n) is 8.92. The SMILES string of the molecule is C=C1/C=C(c2ccccc2)\C=C/CN(C(C)C)c2ccc(C3=CC4CC4C=C3)cc21. The first-order valence-electron chi connectivity index (χ1n) is 11.0. The fraction of sp³-hybridized carbons (Fsp3) is 0.241. The van der Waals surface area contributed by atoms with Gasteiger partial charge in [0.25, 0.3) is 0 Å². The Morgan fingerprint density at radius 2 is 1.77 bits per heavy atom. The molecular weight excluding hydrogens is 362 g/mol. The lowest BCUT2D eigenvalue weighted by molar-refractivity contribution is 0.722. The van der Waals surface area contributed by atoms with Gasteiger partial charge in [0.1, 0.15) is 0 Å². The predicted molar refractivity (Wildman–Crippen MR) is 130 cm³/mol. The molecule has 0 N–H and O–H groups in total. The van der Waals surface area contributed by atoms with Gasteiger partial charge >= 0.3 is 0 Å². The molecule has 2 aromatic carbocycles. The van der Waals surface area contributed by atoms with Crippen LogP contribution in [0.25, 0.3) is 16.7 Å². The summed E-state index contributed by atoms with van der Waals surface area (Å²) < 4.78 is 0. The molecule has 0 saturated heterocycles. The van der Waals surface area contributed by atoms with Gasteiger partial charge in [-0.2, -0.15) is 0 Å². The van der Waals surface area contributed by atoms with Crippen molar-refractivity contribution in [2.75, 3.05) is 11.4 Å². The minimum atomic E-state index is 0.409. The summed E-state index contributed by atoms with van der Waals surface area (Å²) in [5.41, 5.74) is 8.63. The van der Waals surface area contributed by atoms with Crippen molar-refractivity contribution < 1.29 is 0 Å². The third-order valence-electron chi connectivity index (χ3n) is 6.45. The second kappa shape index (κ2) is 7.65. The normalized spacial score (nSPS) is 25.3. The van der Waals surface area contributed by atoms with E-state index in [-0.39, 0.29) is 0 Å². The van der Waals surface area contributed by atoms with Gasteiger partial charge in [0.05, 0.1) is 0 Å². The molecule has 1 aliphatic heterocycles. The van der Waals surface area contributed by atoms with Crippen LogP contribution in [0.1, 0.15) is 37.0 Å². The number of fused-ring (bicyclic) bond motifs is 2. The Morgan fingerprint density at radius 1 is 0.933 bits per heavy atom. The molecule has 0 radical (unpaired) electrons. The van der Waals surface area contributed by atoms with Gasteiger partial charge in [0.2, 0.25) is 0 Å². The molecule has 2 aliphatic carbocycles. The van der Waals surface area contributed by atoms with Crippen molar-refractivity contribution >= 4 is 22.4 Å². The van der Waals surface area contributed by atoms with Crippen LogP contribution in [-0.4, -0.2) is 12.6 Å². The molecule has 2 unspecified atom stereocenters. The molecule has 5 rings (SSSR count). The fourth-order valence-corrected chi connectivity index (χ4v) is 4.58. The first kappa shape index (κ1) is 18.9. The summed E-state index contributed by atoms with van der Waals surface area (Å²) in [7, 11) is 0. The zero-order chi connectivity index (χ0) is 20.7. The van der Waals surface area contributed by atoms with Gasteiger partial charge in [0.15, 0.2) is 0 Å². The lowest BCUT2D eigenvalue weighted by Gasteiger charge is -2.30. The lowest BCUT2D eigenvalue weighted by atomic mass is 9.93. The van der Waals surface area contributed by atoms with Crippen LogP contribution >= 0.6 is 0 Å². The summed E-state index contributed by atoms with van der Waals surface area (Å²) in [5, 5.41) is 0. The van der Waals surface area contributed by atoms with Crippen LogP contribution in [-0.2, 0) is 0 Å². The average molecular weight is 392 g/mol. The molecule has 0 bridgehead atoms. The predicted octanol–water partition coefficient (Wildman–Crippen LogP) is 7.16. The van der Waals surface area contributed by atoms with E-state index in [4.69, 9.17) is 0 Å². The molecule has 3 aliphatic rings. The van der Waals surface area contributed by atoms with Crippen LogP contribution < -0.4 is 4.90 Å². The number of anilines is 1. The van der Waals surface area contributed by atoms with E-state index in [0.717, 1.165) is 24.0 Å². The molecule has 0 amide bonds. The van der Waals surface area contributed by atoms with Gasteiger partial charge in [-0.25, -0.2) is 0 Å². The molecule has 2 aromatic rings. The number of benzene rings is 2. The average Bonchev–Trinajstić information content (AvgIpc) is 3.53. The molecule has 1 heterocycles. The third-order valence-corrected chi connectivity index (χ3v) is 6.45. The molecular formula is C29H29N. The quantitative estimate of drug-likeness (QED) is 0.536. The van der Waals surface area contributed by atoms with Gasteiger partial charge in [0, 0.05) is 23.8 Å². The maximum atomic E-state index is 4.50. The number of allylic oxidation sites excluding steroid dienone is 8. The second-order valence-corrected chi connectivity index (χ2v) is 8.92. The van der Waals surface area contributed by atoms with Crippen molar-refractivity contribution in [1.82, 2.24) is 0 Å². The molecule has 1 fully saturated rings. The van der Waals surface area contributed by atoms with Gasteiger partial charge in [-0.05, 0) is 78.2 Å². The minimum Gasteiger partial charge on any atom is -0.365 e. The fourth-order valence-electron chi connectivity index (χ4n) is 4.58. The smallest absolute Gasteiger partial charge is 0.0451 e. The van der Waals surface area contributed by atoms with Crippen LogP contribution in [0, 0.1) is 11.8 Å². The van der Waals surface area contributed by atoms with Crippen molar-refractivity contribution in [3.63, 3.8) is 0 Å². The van der Waals surface area contributed by atoms with Crippen molar-refractivity contribution in [3.8, 4) is 0 Å². The number of nitrogens with zero attached hydrogens (tertiary/aromatic N) is 1. The number of hydrogen-bond acceptors (Lipinski definition) is 1. The van der Waals surface area contributed by atoms with E-state index in [0.29, 0.717) is 6.04 Å². The van der Waals surface area contributed by atoms with Gasteiger partial charge < -0.3 is 4.90 Å². The zero-order valence-electron chi connectivity index (χ0n) is 17.9. The lowest BCUT2D eigenvalue weighted by Crippen LogP contribution is -2.31. The van der Waals surface area contributed by atoms with Crippen LogP contribution in [0.15, 0.2) is 91.6 Å². The standard InChI is InChI=1S/C29H29N/c1-20(2)30-15-7-10-23(22-8-5-4-6-9-22)16-21(3)28-19-26(13-14-29(28)30)24-11-12-25-18-27(25)17-24/h4-14,16-17,19-20,25,27H,3,15,18H2,1-2H3/b10-7-,23-16+. The summed E-state index contributed by atoms with van der Waals surface area (Å²) in [6.45, 7) is 9.91. The van der Waals surface area contributed by atoms with E-state index in [1.165, 1.54) is 39.9 Å². The first-order chi connectivity index (χ1) is 14.6. The van der Waals surface area contributed by atoms with Gasteiger partial charge in [-0.1, -0.05) is 73.4 Å². The van der Waals surface area contributed by atoms with E-state index < -0.39 is 0 Å². The van der Waals surface area contributed by atoms with E-state index in [9.17, 15) is 0 Å². The Balaban J connectivity index is 1.61. The monoisotopic (exact) mass is 391 g/mol. The minimum absolute atomic E-state index is 0.409. The Kier molecular flexibility index (Phi) is 4.83. The van der Waals surface area contributed by atoms with E-state index in [1.807, 2.05) is 0 Å². The highest BCUT2D eigenvalue weighted by atomic mass is 15.1. The Labute approximate surface area is 180 Å². The van der Waals surface area contributed by atoms with Crippen molar-refractivity contribution in [2.24, 2.45) is 11.8 Å². The van der Waals surface area contributed by atoms with Crippen LogP contribution in [0.4, 0.5) is 5.69 Å². The molecule has 150 valence electrons. The van der Waals surface area contributed by atoms with E-state index >= 15 is 0 Å². The summed E-state index contributed by atoms with van der Waals surface area (Å²) in [5.74, 6) is 1.54. The van der Waals surface area contributed by atoms with Crippen molar-refractivity contribution in [3.05, 3.63) is 108 Å². The highest BCUT2D eigenvalue weighted by Crippen LogP contribution is 2.46. The summed E-state index contributed by atoms with van der Waals surface area (Å²) in [4.78, 5) is 2.46. The summed E-state index contributed by atoms with van der Waals surface area (Å²) in [6.07, 6.45) is 15.2. The zero-order valence-corrected chi connectivity index (χ0v) is 17.9. The molecule has 30 heavy (non-hydrogen) atoms. The molecule has 2 atom stereocenters. The number of rotatable bonds is 3. The van der Waals surface area contributed by atoms with Crippen LogP contribution in [0.2, 0.25) is 0 Å². The molecule has 0 spiro atoms. The first-order valence-corrected chi connectivity index (χ1v) is 11.0. The Bertz CT molecular complexity index is 1090. The summed E-state index contributed by atoms with van der Waals surface area (Å²) in [6, 6.07) is 17.9. The highest BCUT2D eigenvalue weighted by Gasteiger charge is 2.35. The maximum Gasteiger partial charge on any atom is 0.0451 e. The maximum absolute atomic E-state index is 4.50. The van der Waals surface area contributed by atoms with Gasteiger partial charge in [-0.15, -0.1) is 0 Å². The third kappa shape index (κ3) is 3.61. The Hall–Kier alpha value is -3.06. The number of hydrogen-bond donors (Lipinski definition) is 0. The molecule has 1 nitrogen and oxygen atoms in total. The Morgan fingerprint density at radius 3 is 2.53 bits per heavy atom. The largest absolute Gasteiger partial charge is 0.365 e. The van der Waals surface area contributed by atoms with Crippen LogP contribution in [0.3, 0.4) is 0 Å². The topological polar surface area (TPSA) is 3.24 Å². The van der Waals surface area contributed by atoms with Crippen molar-refractivity contribution in [1.29, 1.82) is 0 Å². The van der Waals surface area contributed by atoms with Crippen molar-refractivity contribution in [2.45, 2.75) is 26.3 Å². The molecule has 0 aromatic heterocycles. The molecule has 1 heteroatoms. The van der Waals surface area contributed by atoms with E-state index in [2.05, 4.69) is 110 Å². The van der Waals surface area contributed by atoms with Crippen LogP contribution in [0.5, 0.6) is 0 Å². The van der Waals surface area contributed by atoms with Gasteiger partial charge in [-0.3, -0.25) is 0 Å².